The molecule has 186 valence electrons. The fourth-order valence-corrected chi connectivity index (χ4v) is 4.82. The molecule has 3 heterocycles. The van der Waals surface area contributed by atoms with E-state index in [-0.39, 0.29) is 11.8 Å². The average Bonchev–Trinajstić information content (AvgIpc) is 3.49. The van der Waals surface area contributed by atoms with Crippen LogP contribution in [0.25, 0.3) is 33.0 Å². The number of hydrogen-bond donors (Lipinski definition) is 2. The summed E-state index contributed by atoms with van der Waals surface area (Å²) >= 11 is 0. The predicted molar refractivity (Wildman–Crippen MR) is 147 cm³/mol. The van der Waals surface area contributed by atoms with E-state index in [1.54, 1.807) is 0 Å². The molecule has 8 heteroatoms. The Morgan fingerprint density at radius 1 is 0.778 bits per heavy atom. The van der Waals surface area contributed by atoms with Gasteiger partial charge in [0.05, 0.1) is 11.1 Å². The largest absolute Gasteiger partial charge is 0.378 e. The summed E-state index contributed by atoms with van der Waals surface area (Å²) in [7, 11) is 12.0. The Kier molecular flexibility index (Phi) is 5.84. The van der Waals surface area contributed by atoms with Gasteiger partial charge in [-0.3, -0.25) is 14.9 Å². The van der Waals surface area contributed by atoms with Gasteiger partial charge in [0, 0.05) is 98.0 Å². The molecule has 0 fully saturated rings. The number of imide groups is 1. The number of aromatic nitrogens is 2. The molecule has 4 aromatic rings. The van der Waals surface area contributed by atoms with Gasteiger partial charge in [0.2, 0.25) is 0 Å². The molecule has 2 aromatic heterocycles. The van der Waals surface area contributed by atoms with Crippen molar-refractivity contribution in [3.63, 3.8) is 0 Å². The van der Waals surface area contributed by atoms with Crippen LogP contribution in [0.5, 0.6) is 0 Å². The van der Waals surface area contributed by atoms with E-state index in [0.717, 1.165) is 57.4 Å². The first-order valence-electron chi connectivity index (χ1n) is 12.0. The Morgan fingerprint density at radius 3 is 2.03 bits per heavy atom. The molecule has 8 nitrogen and oxygen atoms in total. The number of nitrogens with zero attached hydrogens (tertiary/aromatic N) is 4. The van der Waals surface area contributed by atoms with Gasteiger partial charge in [-0.05, 0) is 50.5 Å². The van der Waals surface area contributed by atoms with Crippen molar-refractivity contribution in [2.75, 3.05) is 58.6 Å². The van der Waals surface area contributed by atoms with Crippen molar-refractivity contribution in [3.8, 4) is 0 Å². The molecule has 1 aliphatic heterocycles. The molecule has 2 amide bonds. The van der Waals surface area contributed by atoms with E-state index in [9.17, 15) is 9.59 Å². The van der Waals surface area contributed by atoms with Crippen LogP contribution >= 0.6 is 0 Å². The van der Waals surface area contributed by atoms with Crippen molar-refractivity contribution in [2.24, 2.45) is 0 Å². The van der Waals surface area contributed by atoms with Gasteiger partial charge in [0.25, 0.3) is 11.8 Å². The quantitative estimate of drug-likeness (QED) is 0.394. The summed E-state index contributed by atoms with van der Waals surface area (Å²) in [6, 6.07) is 12.3. The van der Waals surface area contributed by atoms with Gasteiger partial charge in [0.1, 0.15) is 0 Å². The number of benzene rings is 2. The maximum Gasteiger partial charge on any atom is 0.259 e. The lowest BCUT2D eigenvalue weighted by Gasteiger charge is -2.14. The Morgan fingerprint density at radius 2 is 1.39 bits per heavy atom. The minimum Gasteiger partial charge on any atom is -0.378 e. The number of aromatic amines is 1. The molecule has 0 spiro atoms. The highest BCUT2D eigenvalue weighted by Crippen LogP contribution is 2.39. The van der Waals surface area contributed by atoms with E-state index < -0.39 is 0 Å². The van der Waals surface area contributed by atoms with Crippen molar-refractivity contribution in [3.05, 3.63) is 59.9 Å². The van der Waals surface area contributed by atoms with Gasteiger partial charge in [-0.25, -0.2) is 0 Å². The molecular weight excluding hydrogens is 452 g/mol. The van der Waals surface area contributed by atoms with Gasteiger partial charge in [0.15, 0.2) is 0 Å². The molecular formula is C28H32N6O2. The molecule has 2 N–H and O–H groups in total. The second-order valence-electron chi connectivity index (χ2n) is 10.00. The number of carbonyl (C=O) groups excluding carboxylic acids is 2. The van der Waals surface area contributed by atoms with Crippen LogP contribution in [-0.2, 0) is 16.1 Å². The Hall–Kier alpha value is -4.04. The zero-order chi connectivity index (χ0) is 25.7. The van der Waals surface area contributed by atoms with Crippen molar-refractivity contribution >= 4 is 56.1 Å². The van der Waals surface area contributed by atoms with Crippen LogP contribution in [0.1, 0.15) is 11.1 Å². The molecule has 0 saturated carbocycles. The average molecular weight is 485 g/mol. The highest BCUT2D eigenvalue weighted by molar-refractivity contribution is 6.50. The summed E-state index contributed by atoms with van der Waals surface area (Å²) < 4.78 is 2.17. The van der Waals surface area contributed by atoms with Crippen molar-refractivity contribution in [2.45, 2.75) is 6.54 Å². The van der Waals surface area contributed by atoms with E-state index in [1.807, 2.05) is 82.7 Å². The number of nitrogens with one attached hydrogen (secondary N) is 2. The van der Waals surface area contributed by atoms with Gasteiger partial charge >= 0.3 is 0 Å². The number of rotatable bonds is 7. The second kappa shape index (κ2) is 8.87. The topological polar surface area (TPSA) is 76.6 Å². The van der Waals surface area contributed by atoms with E-state index in [2.05, 4.69) is 38.0 Å². The lowest BCUT2D eigenvalue weighted by atomic mass is 9.95. The van der Waals surface area contributed by atoms with Crippen molar-refractivity contribution in [1.82, 2.24) is 19.8 Å². The number of carbonyl (C=O) groups is 2. The van der Waals surface area contributed by atoms with Crippen molar-refractivity contribution < 1.29 is 9.59 Å². The molecule has 0 unspecified atom stereocenters. The number of amides is 2. The predicted octanol–water partition coefficient (Wildman–Crippen LogP) is 3.38. The van der Waals surface area contributed by atoms with Crippen LogP contribution in [0.3, 0.4) is 0 Å². The second-order valence-corrected chi connectivity index (χ2v) is 10.00. The molecule has 36 heavy (non-hydrogen) atoms. The Labute approximate surface area is 210 Å². The third-order valence-electron chi connectivity index (χ3n) is 6.82. The summed E-state index contributed by atoms with van der Waals surface area (Å²) in [5.41, 5.74) is 6.32. The summed E-state index contributed by atoms with van der Waals surface area (Å²) in [6.45, 7) is 1.62. The first kappa shape index (κ1) is 23.7. The minimum absolute atomic E-state index is 0.366. The van der Waals surface area contributed by atoms with Gasteiger partial charge in [-0.2, -0.15) is 0 Å². The van der Waals surface area contributed by atoms with E-state index >= 15 is 0 Å². The molecule has 0 bridgehead atoms. The van der Waals surface area contributed by atoms with Crippen molar-refractivity contribution in [1.29, 1.82) is 0 Å². The normalized spacial score (nSPS) is 14.0. The number of anilines is 2. The fraction of sp³-hybridized carbons (Fsp3) is 0.286. The maximum absolute atomic E-state index is 13.3. The van der Waals surface area contributed by atoms with Gasteiger partial charge in [-0.15, -0.1) is 0 Å². The standard InChI is InChI=1S/C28H32N6O2/c1-31(2)11-12-34-16-22(20-14-18(33(5)6)8-10-24(20)34)26-25(27(35)30-28(26)36)21-15-29-23-9-7-17(32(3)4)13-19(21)23/h7-10,13-16,29H,11-12H2,1-6H3,(H,30,35,36). The van der Waals surface area contributed by atoms with Gasteiger partial charge in [-0.1, -0.05) is 0 Å². The summed E-state index contributed by atoms with van der Waals surface area (Å²) in [5, 5.41) is 4.42. The minimum atomic E-state index is -0.371. The van der Waals surface area contributed by atoms with Gasteiger partial charge < -0.3 is 24.3 Å². The summed E-state index contributed by atoms with van der Waals surface area (Å²) in [4.78, 5) is 36.0. The highest BCUT2D eigenvalue weighted by Gasteiger charge is 2.35. The summed E-state index contributed by atoms with van der Waals surface area (Å²) in [6.07, 6.45) is 3.84. The number of hydrogen-bond acceptors (Lipinski definition) is 5. The maximum atomic E-state index is 13.3. The molecule has 1 aliphatic rings. The first-order chi connectivity index (χ1) is 17.2. The SMILES string of the molecule is CN(C)CCn1cc(C2=C(c3c[nH]c4ccc(N(C)C)cc34)C(=O)NC2=O)c2cc(N(C)C)ccc21. The lowest BCUT2D eigenvalue weighted by Crippen LogP contribution is -2.22. The molecule has 0 radical (unpaired) electrons. The Bertz CT molecular complexity index is 1540. The third kappa shape index (κ3) is 3.93. The molecule has 0 aliphatic carbocycles. The van der Waals surface area contributed by atoms with E-state index in [1.165, 1.54) is 0 Å². The Balaban J connectivity index is 1.78. The van der Waals surface area contributed by atoms with Crippen LogP contribution in [0.2, 0.25) is 0 Å². The number of H-pyrrole nitrogens is 1. The number of fused-ring (bicyclic) bond motifs is 2. The molecule has 5 rings (SSSR count). The van der Waals surface area contributed by atoms with Crippen LogP contribution in [-0.4, -0.2) is 75.1 Å². The third-order valence-corrected chi connectivity index (χ3v) is 6.82. The zero-order valence-corrected chi connectivity index (χ0v) is 21.6. The van der Waals surface area contributed by atoms with Crippen LogP contribution < -0.4 is 15.1 Å². The smallest absolute Gasteiger partial charge is 0.259 e. The lowest BCUT2D eigenvalue weighted by molar-refractivity contribution is -0.122. The van der Waals surface area contributed by atoms with E-state index in [0.29, 0.717) is 11.1 Å². The fourth-order valence-electron chi connectivity index (χ4n) is 4.82. The monoisotopic (exact) mass is 484 g/mol. The van der Waals surface area contributed by atoms with Crippen LogP contribution in [0, 0.1) is 0 Å². The summed E-state index contributed by atoms with van der Waals surface area (Å²) in [5.74, 6) is -0.737. The molecule has 0 atom stereocenters. The molecule has 0 saturated heterocycles. The number of likely N-dealkylation sites (N-methyl/N-ethyl adjacent to an activating group) is 1. The highest BCUT2D eigenvalue weighted by atomic mass is 16.2. The van der Waals surface area contributed by atoms with Crippen LogP contribution in [0.15, 0.2) is 48.8 Å². The first-order valence-corrected chi connectivity index (χ1v) is 12.0. The zero-order valence-electron chi connectivity index (χ0n) is 21.6. The van der Waals surface area contributed by atoms with Crippen LogP contribution in [0.4, 0.5) is 11.4 Å². The van der Waals surface area contributed by atoms with E-state index in [4.69, 9.17) is 0 Å². The molecule has 2 aromatic carbocycles.